The first kappa shape index (κ1) is 10.8. The number of hydrogen-bond donors (Lipinski definition) is 1. The summed E-state index contributed by atoms with van der Waals surface area (Å²) in [5.41, 5.74) is 1.90. The van der Waals surface area contributed by atoms with Crippen molar-refractivity contribution in [3.05, 3.63) is 29.3 Å². The Morgan fingerprint density at radius 3 is 2.64 bits per heavy atom. The van der Waals surface area contributed by atoms with E-state index in [4.69, 9.17) is 0 Å². The number of rotatable bonds is 4. The summed E-state index contributed by atoms with van der Waals surface area (Å²) in [5.74, 6) is 0.387. The van der Waals surface area contributed by atoms with E-state index in [0.29, 0.717) is 12.8 Å². The molecule has 0 spiro atoms. The zero-order valence-electron chi connectivity index (χ0n) is 8.71. The van der Waals surface area contributed by atoms with Crippen LogP contribution in [-0.4, -0.2) is 10.9 Å². The Labute approximate surface area is 84.6 Å². The van der Waals surface area contributed by atoms with E-state index in [1.807, 2.05) is 19.1 Å². The molecule has 2 nitrogen and oxygen atoms in total. The molecule has 1 aromatic carbocycles. The highest BCUT2D eigenvalue weighted by Crippen LogP contribution is 2.19. The Kier molecular flexibility index (Phi) is 3.69. The Hall–Kier alpha value is -1.31. The van der Waals surface area contributed by atoms with E-state index in [9.17, 15) is 9.90 Å². The highest BCUT2D eigenvalue weighted by molar-refractivity contribution is 5.81. The molecule has 0 saturated carbocycles. The van der Waals surface area contributed by atoms with Crippen molar-refractivity contribution in [3.8, 4) is 5.75 Å². The van der Waals surface area contributed by atoms with E-state index < -0.39 is 0 Å². The van der Waals surface area contributed by atoms with Crippen molar-refractivity contribution in [2.45, 2.75) is 33.1 Å². The van der Waals surface area contributed by atoms with Crippen LogP contribution in [-0.2, 0) is 17.6 Å². The SMILES string of the molecule is CCC(=O)Cc1cc(CC)ccc1O. The third-order valence-corrected chi connectivity index (χ3v) is 2.33. The molecule has 0 atom stereocenters. The van der Waals surface area contributed by atoms with Gasteiger partial charge in [0.2, 0.25) is 0 Å². The molecule has 0 saturated heterocycles. The summed E-state index contributed by atoms with van der Waals surface area (Å²) in [6.45, 7) is 3.89. The predicted molar refractivity (Wildman–Crippen MR) is 56.5 cm³/mol. The Balaban J connectivity index is 2.89. The van der Waals surface area contributed by atoms with E-state index in [1.165, 1.54) is 0 Å². The van der Waals surface area contributed by atoms with Crippen LogP contribution in [0.2, 0.25) is 0 Å². The molecule has 14 heavy (non-hydrogen) atoms. The van der Waals surface area contributed by atoms with Gasteiger partial charge in [-0.2, -0.15) is 0 Å². The van der Waals surface area contributed by atoms with Gasteiger partial charge in [-0.15, -0.1) is 0 Å². The van der Waals surface area contributed by atoms with E-state index in [-0.39, 0.29) is 11.5 Å². The van der Waals surface area contributed by atoms with Gasteiger partial charge < -0.3 is 5.11 Å². The largest absolute Gasteiger partial charge is 0.508 e. The first-order chi connectivity index (χ1) is 6.67. The molecule has 0 aromatic heterocycles. The fourth-order valence-corrected chi connectivity index (χ4v) is 1.34. The maximum absolute atomic E-state index is 11.2. The predicted octanol–water partition coefficient (Wildman–Crippen LogP) is 2.48. The molecular formula is C12H16O2. The van der Waals surface area contributed by atoms with E-state index in [0.717, 1.165) is 17.5 Å². The minimum Gasteiger partial charge on any atom is -0.508 e. The van der Waals surface area contributed by atoms with Gasteiger partial charge in [0.15, 0.2) is 0 Å². The highest BCUT2D eigenvalue weighted by atomic mass is 16.3. The van der Waals surface area contributed by atoms with Gasteiger partial charge in [0.1, 0.15) is 11.5 Å². The smallest absolute Gasteiger partial charge is 0.137 e. The molecule has 0 aliphatic carbocycles. The number of hydrogen-bond acceptors (Lipinski definition) is 2. The second kappa shape index (κ2) is 4.80. The molecule has 0 aliphatic heterocycles. The number of ketones is 1. The number of carbonyl (C=O) groups excluding carboxylic acids is 1. The quantitative estimate of drug-likeness (QED) is 0.795. The summed E-state index contributed by atoms with van der Waals surface area (Å²) < 4.78 is 0. The Morgan fingerprint density at radius 1 is 1.36 bits per heavy atom. The summed E-state index contributed by atoms with van der Waals surface area (Å²) in [5, 5.41) is 9.52. The van der Waals surface area contributed by atoms with Crippen molar-refractivity contribution in [1.29, 1.82) is 0 Å². The van der Waals surface area contributed by atoms with E-state index in [1.54, 1.807) is 6.07 Å². The molecule has 76 valence electrons. The maximum atomic E-state index is 11.2. The van der Waals surface area contributed by atoms with Gasteiger partial charge >= 0.3 is 0 Å². The molecular weight excluding hydrogens is 176 g/mol. The molecule has 0 fully saturated rings. The monoisotopic (exact) mass is 192 g/mol. The fourth-order valence-electron chi connectivity index (χ4n) is 1.34. The van der Waals surface area contributed by atoms with Crippen molar-refractivity contribution >= 4 is 5.78 Å². The third kappa shape index (κ3) is 2.59. The molecule has 0 unspecified atom stereocenters. The summed E-state index contributed by atoms with van der Waals surface area (Å²) in [4.78, 5) is 11.2. The molecule has 1 rings (SSSR count). The van der Waals surface area contributed by atoms with Crippen molar-refractivity contribution < 1.29 is 9.90 Å². The van der Waals surface area contributed by atoms with Crippen molar-refractivity contribution in [2.24, 2.45) is 0 Å². The second-order valence-electron chi connectivity index (χ2n) is 3.39. The van der Waals surface area contributed by atoms with Crippen molar-refractivity contribution in [1.82, 2.24) is 0 Å². The number of Topliss-reactive ketones (excluding diaryl/α,β-unsaturated/α-hetero) is 1. The summed E-state index contributed by atoms with van der Waals surface area (Å²) in [6, 6.07) is 5.45. The molecule has 0 aliphatic rings. The molecule has 0 bridgehead atoms. The molecule has 1 aromatic rings. The molecule has 0 heterocycles. The first-order valence-corrected chi connectivity index (χ1v) is 4.99. The van der Waals surface area contributed by atoms with Crippen LogP contribution in [0.25, 0.3) is 0 Å². The molecule has 0 amide bonds. The van der Waals surface area contributed by atoms with Crippen LogP contribution in [0.5, 0.6) is 5.75 Å². The number of aryl methyl sites for hydroxylation is 1. The van der Waals surface area contributed by atoms with Gasteiger partial charge in [-0.1, -0.05) is 26.0 Å². The number of aromatic hydroxyl groups is 1. The standard InChI is InChI=1S/C12H16O2/c1-3-9-5-6-12(14)10(7-9)8-11(13)4-2/h5-7,14H,3-4,8H2,1-2H3. The lowest BCUT2D eigenvalue weighted by Crippen LogP contribution is -2.01. The lowest BCUT2D eigenvalue weighted by atomic mass is 10.0. The summed E-state index contributed by atoms with van der Waals surface area (Å²) in [7, 11) is 0. The van der Waals surface area contributed by atoms with Gasteiger partial charge in [0.25, 0.3) is 0 Å². The zero-order chi connectivity index (χ0) is 10.6. The first-order valence-electron chi connectivity index (χ1n) is 4.99. The van der Waals surface area contributed by atoms with E-state index in [2.05, 4.69) is 6.92 Å². The second-order valence-corrected chi connectivity index (χ2v) is 3.39. The van der Waals surface area contributed by atoms with Crippen LogP contribution in [0.3, 0.4) is 0 Å². The summed E-state index contributed by atoms with van der Waals surface area (Å²) >= 11 is 0. The van der Waals surface area contributed by atoms with Crippen molar-refractivity contribution in [2.75, 3.05) is 0 Å². The average molecular weight is 192 g/mol. The van der Waals surface area contributed by atoms with Crippen LogP contribution in [0.4, 0.5) is 0 Å². The van der Waals surface area contributed by atoms with Gasteiger partial charge in [0.05, 0.1) is 0 Å². The molecule has 1 N–H and O–H groups in total. The average Bonchev–Trinajstić information content (AvgIpc) is 2.21. The van der Waals surface area contributed by atoms with Gasteiger partial charge in [-0.3, -0.25) is 4.79 Å². The molecule has 0 radical (unpaired) electrons. The highest BCUT2D eigenvalue weighted by Gasteiger charge is 2.06. The minimum atomic E-state index is 0.161. The van der Waals surface area contributed by atoms with Crippen LogP contribution in [0, 0.1) is 0 Å². The maximum Gasteiger partial charge on any atom is 0.137 e. The number of carbonyl (C=O) groups is 1. The lowest BCUT2D eigenvalue weighted by molar-refractivity contribution is -0.118. The number of phenolic OH excluding ortho intramolecular Hbond substituents is 1. The topological polar surface area (TPSA) is 37.3 Å². The Bertz CT molecular complexity index is 329. The Morgan fingerprint density at radius 2 is 2.07 bits per heavy atom. The number of phenols is 1. The van der Waals surface area contributed by atoms with Gasteiger partial charge in [0, 0.05) is 18.4 Å². The van der Waals surface area contributed by atoms with Crippen LogP contribution >= 0.6 is 0 Å². The van der Waals surface area contributed by atoms with E-state index >= 15 is 0 Å². The zero-order valence-corrected chi connectivity index (χ0v) is 8.71. The normalized spacial score (nSPS) is 10.1. The van der Waals surface area contributed by atoms with Crippen molar-refractivity contribution in [3.63, 3.8) is 0 Å². The minimum absolute atomic E-state index is 0.161. The van der Waals surface area contributed by atoms with Crippen LogP contribution in [0.15, 0.2) is 18.2 Å². The van der Waals surface area contributed by atoms with Crippen LogP contribution < -0.4 is 0 Å². The molecule has 2 heteroatoms. The fraction of sp³-hybridized carbons (Fsp3) is 0.417. The van der Waals surface area contributed by atoms with Gasteiger partial charge in [-0.25, -0.2) is 0 Å². The summed E-state index contributed by atoms with van der Waals surface area (Å²) in [6.07, 6.45) is 1.79. The third-order valence-electron chi connectivity index (χ3n) is 2.33. The lowest BCUT2D eigenvalue weighted by Gasteiger charge is -2.05. The number of benzene rings is 1. The van der Waals surface area contributed by atoms with Crippen LogP contribution in [0.1, 0.15) is 31.4 Å². The van der Waals surface area contributed by atoms with Gasteiger partial charge in [-0.05, 0) is 18.1 Å².